The Labute approximate surface area is 191 Å². The summed E-state index contributed by atoms with van der Waals surface area (Å²) in [5.74, 6) is -0.678. The fraction of sp³-hybridized carbons (Fsp3) is 0.318. The third-order valence-electron chi connectivity index (χ3n) is 4.98. The van der Waals surface area contributed by atoms with Gasteiger partial charge in [0.2, 0.25) is 5.91 Å². The van der Waals surface area contributed by atoms with E-state index in [0.29, 0.717) is 48.9 Å². The molecule has 0 spiro atoms. The molecule has 1 saturated heterocycles. The molecule has 3 rings (SSSR count). The highest BCUT2D eigenvalue weighted by atomic mass is 35.5. The highest BCUT2D eigenvalue weighted by Gasteiger charge is 2.22. The van der Waals surface area contributed by atoms with Gasteiger partial charge in [-0.15, -0.1) is 0 Å². The van der Waals surface area contributed by atoms with Gasteiger partial charge in [0.25, 0.3) is 5.91 Å². The van der Waals surface area contributed by atoms with Gasteiger partial charge >= 0.3 is 0 Å². The first-order valence-electron chi connectivity index (χ1n) is 10.1. The van der Waals surface area contributed by atoms with Crippen molar-refractivity contribution >= 4 is 52.1 Å². The van der Waals surface area contributed by atoms with Gasteiger partial charge in [-0.25, -0.2) is 4.39 Å². The van der Waals surface area contributed by atoms with Gasteiger partial charge < -0.3 is 15.1 Å². The zero-order chi connectivity index (χ0) is 22.4. The molecular formula is C22H24ClFN4O2S. The van der Waals surface area contributed by atoms with E-state index in [0.717, 1.165) is 12.1 Å². The number of carbonyl (C=O) groups is 2. The Balaban J connectivity index is 1.66. The number of nitrogens with zero attached hydrogens (tertiary/aromatic N) is 2. The van der Waals surface area contributed by atoms with E-state index in [1.807, 2.05) is 17.9 Å². The molecule has 2 amide bonds. The number of nitrogens with one attached hydrogen (secondary N) is 2. The summed E-state index contributed by atoms with van der Waals surface area (Å²) in [5.41, 5.74) is 1.83. The molecule has 2 aromatic rings. The van der Waals surface area contributed by atoms with Crippen LogP contribution in [0.2, 0.25) is 5.02 Å². The summed E-state index contributed by atoms with van der Waals surface area (Å²) < 4.78 is 13.1. The second-order valence-electron chi connectivity index (χ2n) is 7.19. The molecule has 0 aromatic heterocycles. The Hall–Kier alpha value is -2.71. The smallest absolute Gasteiger partial charge is 0.257 e. The summed E-state index contributed by atoms with van der Waals surface area (Å²) in [4.78, 5) is 28.5. The van der Waals surface area contributed by atoms with Crippen molar-refractivity contribution in [1.82, 2.24) is 10.2 Å². The van der Waals surface area contributed by atoms with Gasteiger partial charge in [0.1, 0.15) is 5.82 Å². The van der Waals surface area contributed by atoms with Gasteiger partial charge in [-0.2, -0.15) is 0 Å². The van der Waals surface area contributed by atoms with Crippen molar-refractivity contribution in [3.8, 4) is 0 Å². The minimum atomic E-state index is -0.441. The molecule has 164 valence electrons. The van der Waals surface area contributed by atoms with Crippen molar-refractivity contribution in [2.45, 2.75) is 19.8 Å². The number of anilines is 2. The minimum Gasteiger partial charge on any atom is -0.366 e. The topological polar surface area (TPSA) is 64.7 Å². The van der Waals surface area contributed by atoms with Crippen molar-refractivity contribution in [1.29, 1.82) is 0 Å². The van der Waals surface area contributed by atoms with Crippen molar-refractivity contribution in [3.05, 3.63) is 58.9 Å². The van der Waals surface area contributed by atoms with Crippen molar-refractivity contribution in [3.63, 3.8) is 0 Å². The van der Waals surface area contributed by atoms with Crippen LogP contribution < -0.4 is 15.5 Å². The Morgan fingerprint density at radius 1 is 1.10 bits per heavy atom. The SMILES string of the molecule is CCCC(=O)N1CCN(c2ccc(Cl)cc2NC(=S)NC(=O)c2ccc(F)cc2)CC1. The summed E-state index contributed by atoms with van der Waals surface area (Å²) >= 11 is 11.5. The Kier molecular flexibility index (Phi) is 7.81. The normalized spacial score (nSPS) is 13.6. The second-order valence-corrected chi connectivity index (χ2v) is 8.04. The molecule has 1 aliphatic rings. The quantitative estimate of drug-likeness (QED) is 0.656. The highest BCUT2D eigenvalue weighted by Crippen LogP contribution is 2.30. The molecule has 1 fully saturated rings. The molecule has 9 heteroatoms. The number of rotatable bonds is 5. The highest BCUT2D eigenvalue weighted by molar-refractivity contribution is 7.80. The number of benzene rings is 2. The van der Waals surface area contributed by atoms with Gasteiger partial charge in [-0.3, -0.25) is 14.9 Å². The van der Waals surface area contributed by atoms with Crippen LogP contribution in [0.3, 0.4) is 0 Å². The maximum Gasteiger partial charge on any atom is 0.257 e. The lowest BCUT2D eigenvalue weighted by Crippen LogP contribution is -2.49. The molecule has 2 N–H and O–H groups in total. The standard InChI is InChI=1S/C22H24ClFN4O2S/c1-2-3-20(29)28-12-10-27(11-13-28)19-9-6-16(23)14-18(19)25-22(31)26-21(30)15-4-7-17(24)8-5-15/h4-9,14H,2-3,10-13H2,1H3,(H2,25,26,30,31). The Bertz CT molecular complexity index is 962. The van der Waals surface area contributed by atoms with Crippen LogP contribution in [-0.4, -0.2) is 48.0 Å². The fourth-order valence-electron chi connectivity index (χ4n) is 3.38. The van der Waals surface area contributed by atoms with E-state index >= 15 is 0 Å². The fourth-order valence-corrected chi connectivity index (χ4v) is 3.76. The molecule has 6 nitrogen and oxygen atoms in total. The summed E-state index contributed by atoms with van der Waals surface area (Å²) in [5, 5.41) is 6.26. The van der Waals surface area contributed by atoms with Crippen LogP contribution >= 0.6 is 23.8 Å². The first-order chi connectivity index (χ1) is 14.9. The first kappa shape index (κ1) is 23.0. The summed E-state index contributed by atoms with van der Waals surface area (Å²) in [6.07, 6.45) is 1.40. The average Bonchev–Trinajstić information content (AvgIpc) is 2.74. The van der Waals surface area contributed by atoms with Crippen LogP contribution in [-0.2, 0) is 4.79 Å². The molecule has 31 heavy (non-hydrogen) atoms. The molecule has 0 unspecified atom stereocenters. The Morgan fingerprint density at radius 3 is 2.42 bits per heavy atom. The van der Waals surface area contributed by atoms with E-state index in [1.54, 1.807) is 12.1 Å². The number of carbonyl (C=O) groups excluding carboxylic acids is 2. The summed E-state index contributed by atoms with van der Waals surface area (Å²) in [6, 6.07) is 10.6. The van der Waals surface area contributed by atoms with E-state index < -0.39 is 11.7 Å². The van der Waals surface area contributed by atoms with E-state index in [2.05, 4.69) is 15.5 Å². The minimum absolute atomic E-state index is 0.106. The van der Waals surface area contributed by atoms with Crippen molar-refractivity contribution < 1.29 is 14.0 Å². The second kappa shape index (κ2) is 10.5. The number of amides is 2. The Morgan fingerprint density at radius 2 is 1.77 bits per heavy atom. The number of hydrogen-bond donors (Lipinski definition) is 2. The van der Waals surface area contributed by atoms with E-state index in [9.17, 15) is 14.0 Å². The summed E-state index contributed by atoms with van der Waals surface area (Å²) in [6.45, 7) is 4.65. The number of thiocarbonyl (C=S) groups is 1. The van der Waals surface area contributed by atoms with Gasteiger partial charge in [0.15, 0.2) is 5.11 Å². The summed E-state index contributed by atoms with van der Waals surface area (Å²) in [7, 11) is 0. The lowest BCUT2D eigenvalue weighted by atomic mass is 10.2. The third-order valence-corrected chi connectivity index (χ3v) is 5.42. The lowest BCUT2D eigenvalue weighted by Gasteiger charge is -2.37. The van der Waals surface area contributed by atoms with Crippen LogP contribution in [0.4, 0.5) is 15.8 Å². The molecular weight excluding hydrogens is 439 g/mol. The molecule has 1 heterocycles. The van der Waals surface area contributed by atoms with Gasteiger partial charge in [-0.1, -0.05) is 18.5 Å². The number of hydrogen-bond acceptors (Lipinski definition) is 4. The zero-order valence-corrected chi connectivity index (χ0v) is 18.7. The molecule has 1 aliphatic heterocycles. The monoisotopic (exact) mass is 462 g/mol. The predicted octanol–water partition coefficient (Wildman–Crippen LogP) is 4.05. The lowest BCUT2D eigenvalue weighted by molar-refractivity contribution is -0.131. The largest absolute Gasteiger partial charge is 0.366 e. The molecule has 0 atom stereocenters. The zero-order valence-electron chi connectivity index (χ0n) is 17.2. The van der Waals surface area contributed by atoms with Crippen LogP contribution in [0.15, 0.2) is 42.5 Å². The third kappa shape index (κ3) is 6.15. The van der Waals surface area contributed by atoms with Crippen LogP contribution in [0.1, 0.15) is 30.1 Å². The van der Waals surface area contributed by atoms with Crippen LogP contribution in [0, 0.1) is 5.82 Å². The molecule has 0 saturated carbocycles. The molecule has 0 bridgehead atoms. The van der Waals surface area contributed by atoms with E-state index in [-0.39, 0.29) is 11.0 Å². The van der Waals surface area contributed by atoms with Gasteiger partial charge in [0.05, 0.1) is 11.4 Å². The number of halogens is 2. The molecule has 2 aromatic carbocycles. The maximum absolute atomic E-state index is 13.1. The van der Waals surface area contributed by atoms with Crippen molar-refractivity contribution in [2.75, 3.05) is 36.4 Å². The predicted molar refractivity (Wildman–Crippen MR) is 125 cm³/mol. The molecule has 0 aliphatic carbocycles. The molecule has 0 radical (unpaired) electrons. The van der Waals surface area contributed by atoms with Gasteiger partial charge in [0, 0.05) is 43.2 Å². The van der Waals surface area contributed by atoms with Crippen LogP contribution in [0.25, 0.3) is 0 Å². The van der Waals surface area contributed by atoms with Crippen molar-refractivity contribution in [2.24, 2.45) is 0 Å². The first-order valence-corrected chi connectivity index (χ1v) is 10.9. The maximum atomic E-state index is 13.1. The number of piperazine rings is 1. The van der Waals surface area contributed by atoms with Gasteiger partial charge in [-0.05, 0) is 61.1 Å². The van der Waals surface area contributed by atoms with E-state index in [4.69, 9.17) is 23.8 Å². The van der Waals surface area contributed by atoms with Crippen LogP contribution in [0.5, 0.6) is 0 Å². The van der Waals surface area contributed by atoms with E-state index in [1.165, 1.54) is 24.3 Å². The average molecular weight is 463 g/mol.